The molecule has 0 saturated heterocycles. The highest BCUT2D eigenvalue weighted by atomic mass is 16.4. The number of hydrogen-bond donors (Lipinski definition) is 7. The third-order valence-electron chi connectivity index (χ3n) is 8.50. The number of amides is 4. The number of aliphatic carboxylic acids is 1. The average Bonchev–Trinajstić information content (AvgIpc) is 2.97. The van der Waals surface area contributed by atoms with Crippen LogP contribution in [-0.2, 0) is 24.0 Å². The van der Waals surface area contributed by atoms with E-state index in [1.165, 1.54) is 0 Å². The zero-order valence-electron chi connectivity index (χ0n) is 27.0. The van der Waals surface area contributed by atoms with Crippen LogP contribution in [-0.4, -0.2) is 71.5 Å². The molecule has 42 heavy (non-hydrogen) atoms. The van der Waals surface area contributed by atoms with E-state index in [2.05, 4.69) is 21.3 Å². The molecular formula is C30H58N6O6. The van der Waals surface area contributed by atoms with Gasteiger partial charge in [-0.2, -0.15) is 0 Å². The van der Waals surface area contributed by atoms with Crippen molar-refractivity contribution < 1.29 is 29.1 Å². The Hall–Kier alpha value is -2.73. The van der Waals surface area contributed by atoms with Crippen LogP contribution in [0.3, 0.4) is 0 Å². The fourth-order valence-corrected chi connectivity index (χ4v) is 4.37. The summed E-state index contributed by atoms with van der Waals surface area (Å²) < 4.78 is 0. The van der Waals surface area contributed by atoms with E-state index in [1.54, 1.807) is 6.92 Å². The number of unbranched alkanes of at least 4 members (excludes halogenated alkanes) is 1. The molecule has 9 atom stereocenters. The second-order valence-electron chi connectivity index (χ2n) is 11.7. The minimum atomic E-state index is -1.16. The van der Waals surface area contributed by atoms with Crippen molar-refractivity contribution in [1.29, 1.82) is 0 Å². The van der Waals surface area contributed by atoms with Gasteiger partial charge in [-0.15, -0.1) is 0 Å². The van der Waals surface area contributed by atoms with E-state index < -0.39 is 59.8 Å². The molecule has 12 nitrogen and oxygen atoms in total. The molecule has 12 heteroatoms. The lowest BCUT2D eigenvalue weighted by atomic mass is 9.92. The Bertz CT molecular complexity index is 871. The van der Waals surface area contributed by atoms with Crippen molar-refractivity contribution in [2.24, 2.45) is 35.1 Å². The van der Waals surface area contributed by atoms with Crippen molar-refractivity contribution in [3.8, 4) is 0 Å². The normalized spacial score (nSPS) is 17.8. The first kappa shape index (κ1) is 39.3. The van der Waals surface area contributed by atoms with Gasteiger partial charge >= 0.3 is 5.97 Å². The zero-order valence-corrected chi connectivity index (χ0v) is 27.0. The summed E-state index contributed by atoms with van der Waals surface area (Å²) in [6.07, 6.45) is 3.78. The monoisotopic (exact) mass is 598 g/mol. The van der Waals surface area contributed by atoms with Crippen molar-refractivity contribution in [3.63, 3.8) is 0 Å². The molecule has 0 aliphatic heterocycles. The highest BCUT2D eigenvalue weighted by molar-refractivity contribution is 5.95. The molecule has 0 saturated carbocycles. The molecule has 0 unspecified atom stereocenters. The molecule has 0 aliphatic carbocycles. The predicted molar refractivity (Wildman–Crippen MR) is 164 cm³/mol. The van der Waals surface area contributed by atoms with Gasteiger partial charge < -0.3 is 37.8 Å². The smallest absolute Gasteiger partial charge is 0.326 e. The molecule has 4 amide bonds. The van der Waals surface area contributed by atoms with Gasteiger partial charge in [0.15, 0.2) is 0 Å². The van der Waals surface area contributed by atoms with Crippen LogP contribution in [0.2, 0.25) is 0 Å². The summed E-state index contributed by atoms with van der Waals surface area (Å²) in [5.74, 6) is -4.17. The van der Waals surface area contributed by atoms with Crippen LogP contribution >= 0.6 is 0 Å². The number of rotatable bonds is 21. The Morgan fingerprint density at radius 1 is 0.595 bits per heavy atom. The van der Waals surface area contributed by atoms with Gasteiger partial charge in [-0.25, -0.2) is 4.79 Å². The van der Waals surface area contributed by atoms with E-state index in [-0.39, 0.29) is 30.1 Å². The Kier molecular flexibility index (Phi) is 18.9. The lowest BCUT2D eigenvalue weighted by Crippen LogP contribution is -2.61. The van der Waals surface area contributed by atoms with Gasteiger partial charge in [0, 0.05) is 0 Å². The molecule has 0 fully saturated rings. The van der Waals surface area contributed by atoms with Gasteiger partial charge in [-0.3, -0.25) is 19.2 Å². The number of carboxylic acid groups (broad SMARTS) is 1. The largest absolute Gasteiger partial charge is 0.480 e. The predicted octanol–water partition coefficient (Wildman–Crippen LogP) is 1.65. The summed E-state index contributed by atoms with van der Waals surface area (Å²) in [7, 11) is 0. The number of nitrogens with two attached hydrogens (primary N) is 2. The van der Waals surface area contributed by atoms with Gasteiger partial charge in [-0.05, 0) is 49.5 Å². The second kappa shape index (κ2) is 20.2. The van der Waals surface area contributed by atoms with Crippen LogP contribution in [0.1, 0.15) is 100 Å². The molecule has 0 radical (unpaired) electrons. The van der Waals surface area contributed by atoms with Crippen molar-refractivity contribution in [2.45, 2.75) is 131 Å². The highest BCUT2D eigenvalue weighted by Crippen LogP contribution is 2.16. The van der Waals surface area contributed by atoms with Crippen molar-refractivity contribution >= 4 is 29.6 Å². The SMILES string of the molecule is CC[C@H](C)[C@H](N)C(=O)N[C@H](C(=O)N[C@H](C(=O)N[C@H](C(=O)N[C@@H](CCCCN)C(=O)O)[C@@H](C)CC)[C@@H](C)CC)[C@@H](C)CC. The third-order valence-corrected chi connectivity index (χ3v) is 8.50. The van der Waals surface area contributed by atoms with Crippen LogP contribution in [0.25, 0.3) is 0 Å². The molecule has 0 bridgehead atoms. The quantitative estimate of drug-likeness (QED) is 0.0965. The van der Waals surface area contributed by atoms with Crippen LogP contribution in [0.15, 0.2) is 0 Å². The molecule has 0 aromatic carbocycles. The minimum absolute atomic E-state index is 0.0747. The molecule has 0 aliphatic rings. The standard InChI is InChI=1S/C30H58N6O6/c1-9-17(5)22(32)26(37)34-24(19(7)11-3)28(39)36-25(20(8)12-4)29(40)35-23(18(6)10-2)27(38)33-21(30(41)42)15-13-14-16-31/h17-25H,9-16,31-32H2,1-8H3,(H,33,38)(H,34,37)(H,35,40)(H,36,39)(H,41,42)/t17-,18-,19-,20-,21-,22-,23-,24-,25-/m0/s1. The molecule has 0 aromatic heterocycles. The number of carboxylic acids is 1. The van der Waals surface area contributed by atoms with E-state index in [1.807, 2.05) is 48.5 Å². The summed E-state index contributed by atoms with van der Waals surface area (Å²) in [5.41, 5.74) is 11.6. The van der Waals surface area contributed by atoms with Crippen LogP contribution in [0, 0.1) is 23.7 Å². The first-order chi connectivity index (χ1) is 19.7. The topological polar surface area (TPSA) is 206 Å². The van der Waals surface area contributed by atoms with Crippen LogP contribution < -0.4 is 32.7 Å². The molecular weight excluding hydrogens is 540 g/mol. The second-order valence-corrected chi connectivity index (χ2v) is 11.7. The summed E-state index contributed by atoms with van der Waals surface area (Å²) in [4.78, 5) is 65.0. The Morgan fingerprint density at radius 3 is 1.29 bits per heavy atom. The summed E-state index contributed by atoms with van der Waals surface area (Å²) >= 11 is 0. The van der Waals surface area contributed by atoms with Crippen molar-refractivity contribution in [3.05, 3.63) is 0 Å². The summed E-state index contributed by atoms with van der Waals surface area (Å²) in [6.45, 7) is 15.3. The van der Waals surface area contributed by atoms with E-state index >= 15 is 0 Å². The highest BCUT2D eigenvalue weighted by Gasteiger charge is 2.36. The molecule has 9 N–H and O–H groups in total. The number of carbonyl (C=O) groups excluding carboxylic acids is 4. The number of carbonyl (C=O) groups is 5. The lowest BCUT2D eigenvalue weighted by molar-refractivity contribution is -0.143. The van der Waals surface area contributed by atoms with E-state index in [9.17, 15) is 29.1 Å². The first-order valence-electron chi connectivity index (χ1n) is 15.6. The zero-order chi connectivity index (χ0) is 32.6. The van der Waals surface area contributed by atoms with Gasteiger partial charge in [0.1, 0.15) is 24.2 Å². The summed E-state index contributed by atoms with van der Waals surface area (Å²) in [5, 5.41) is 20.6. The molecule has 244 valence electrons. The molecule has 0 heterocycles. The number of nitrogens with one attached hydrogen (secondary N) is 4. The van der Waals surface area contributed by atoms with E-state index in [4.69, 9.17) is 11.5 Å². The van der Waals surface area contributed by atoms with E-state index in [0.717, 1.165) is 0 Å². The van der Waals surface area contributed by atoms with Crippen molar-refractivity contribution in [1.82, 2.24) is 21.3 Å². The van der Waals surface area contributed by atoms with Crippen LogP contribution in [0.4, 0.5) is 0 Å². The minimum Gasteiger partial charge on any atom is -0.480 e. The van der Waals surface area contributed by atoms with E-state index in [0.29, 0.717) is 45.1 Å². The lowest BCUT2D eigenvalue weighted by Gasteiger charge is -2.32. The molecule has 0 aromatic rings. The maximum absolute atomic E-state index is 13.6. The fourth-order valence-electron chi connectivity index (χ4n) is 4.37. The van der Waals surface area contributed by atoms with Gasteiger partial charge in [0.25, 0.3) is 0 Å². The van der Waals surface area contributed by atoms with Crippen LogP contribution in [0.5, 0.6) is 0 Å². The Labute approximate surface area is 252 Å². The van der Waals surface area contributed by atoms with Gasteiger partial charge in [0.05, 0.1) is 6.04 Å². The molecule has 0 rings (SSSR count). The average molecular weight is 599 g/mol. The van der Waals surface area contributed by atoms with Gasteiger partial charge in [0.2, 0.25) is 23.6 Å². The maximum atomic E-state index is 13.6. The summed E-state index contributed by atoms with van der Waals surface area (Å²) in [6, 6.07) is -4.80. The number of hydrogen-bond acceptors (Lipinski definition) is 7. The Morgan fingerprint density at radius 2 is 0.952 bits per heavy atom. The fraction of sp³-hybridized carbons (Fsp3) is 0.833. The third kappa shape index (κ3) is 12.6. The Balaban J connectivity index is 5.96. The maximum Gasteiger partial charge on any atom is 0.326 e. The van der Waals surface area contributed by atoms with Gasteiger partial charge in [-0.1, -0.05) is 81.1 Å². The molecule has 0 spiro atoms. The van der Waals surface area contributed by atoms with Crippen molar-refractivity contribution in [2.75, 3.05) is 6.54 Å². The first-order valence-corrected chi connectivity index (χ1v) is 15.6.